The smallest absolute Gasteiger partial charge is 0.408 e. The predicted octanol–water partition coefficient (Wildman–Crippen LogP) is 4.13. The second kappa shape index (κ2) is 16.1. The number of rotatable bonds is 12. The Morgan fingerprint density at radius 1 is 0.951 bits per heavy atom. The molecule has 12 heteroatoms. The second-order valence-corrected chi connectivity index (χ2v) is 13.6. The van der Waals surface area contributed by atoms with Crippen molar-refractivity contribution in [2.24, 2.45) is 0 Å². The number of benzene rings is 1. The Labute approximate surface area is 253 Å². The molecule has 1 aromatic rings. The zero-order valence-corrected chi connectivity index (χ0v) is 26.7. The Morgan fingerprint density at radius 3 is 2.12 bits per heavy atom. The predicted molar refractivity (Wildman–Crippen MR) is 165 cm³/mol. The van der Waals surface area contributed by atoms with Gasteiger partial charge in [-0.1, -0.05) is 30.3 Å². The van der Waals surface area contributed by atoms with Crippen molar-refractivity contribution in [3.05, 3.63) is 35.9 Å². The molecule has 0 saturated carbocycles. The molecule has 0 bridgehead atoms. The number of amides is 4. The molecule has 41 heavy (non-hydrogen) atoms. The van der Waals surface area contributed by atoms with E-state index in [0.717, 1.165) is 11.3 Å². The maximum absolute atomic E-state index is 13.0. The van der Waals surface area contributed by atoms with Crippen LogP contribution in [0.3, 0.4) is 0 Å². The van der Waals surface area contributed by atoms with Crippen molar-refractivity contribution in [1.29, 1.82) is 0 Å². The number of thioether (sulfide) groups is 1. The normalized spacial score (nSPS) is 15.8. The van der Waals surface area contributed by atoms with Gasteiger partial charge in [0.25, 0.3) is 0 Å². The van der Waals surface area contributed by atoms with Crippen LogP contribution < -0.4 is 16.0 Å². The number of alkyl carbamates (subject to hydrolysis) is 2. The Morgan fingerprint density at radius 2 is 1.56 bits per heavy atom. The van der Waals surface area contributed by atoms with Crippen LogP contribution in [-0.4, -0.2) is 82.2 Å². The fourth-order valence-corrected chi connectivity index (χ4v) is 5.28. The molecule has 3 atom stereocenters. The summed E-state index contributed by atoms with van der Waals surface area (Å²) in [6, 6.07) is 8.23. The fourth-order valence-electron chi connectivity index (χ4n) is 4.06. The molecular weight excluding hydrogens is 564 g/mol. The van der Waals surface area contributed by atoms with Gasteiger partial charge in [0, 0.05) is 18.8 Å². The summed E-state index contributed by atoms with van der Waals surface area (Å²) >= 11 is 6.22. The van der Waals surface area contributed by atoms with Crippen molar-refractivity contribution >= 4 is 48.4 Å². The van der Waals surface area contributed by atoms with Crippen LogP contribution in [0.5, 0.6) is 0 Å². The molecule has 1 unspecified atom stereocenters. The van der Waals surface area contributed by atoms with E-state index in [0.29, 0.717) is 44.6 Å². The van der Waals surface area contributed by atoms with Crippen molar-refractivity contribution in [3.8, 4) is 0 Å². The molecule has 0 radical (unpaired) electrons. The van der Waals surface area contributed by atoms with Gasteiger partial charge in [-0.3, -0.25) is 9.59 Å². The van der Waals surface area contributed by atoms with E-state index in [1.54, 1.807) is 58.2 Å². The topological polar surface area (TPSA) is 126 Å². The van der Waals surface area contributed by atoms with Gasteiger partial charge in [-0.25, -0.2) is 9.59 Å². The minimum atomic E-state index is -0.821. The molecule has 2 rings (SSSR count). The van der Waals surface area contributed by atoms with Gasteiger partial charge >= 0.3 is 12.2 Å². The average molecular weight is 611 g/mol. The molecule has 230 valence electrons. The number of nitrogens with one attached hydrogen (secondary N) is 3. The summed E-state index contributed by atoms with van der Waals surface area (Å²) in [5, 5.41) is 7.59. The van der Waals surface area contributed by atoms with Crippen LogP contribution in [-0.2, 0) is 25.5 Å². The summed E-state index contributed by atoms with van der Waals surface area (Å²) < 4.78 is 10.7. The first-order valence-electron chi connectivity index (χ1n) is 14.0. The SMILES string of the molecule is CC(C)(C)OC(=O)N[C@@H](CCCCNC(=O)C(S)[C@@H](Cc1ccccc1)NC(=O)OC(C)(C)C)C(=O)N1CCSC1. The molecule has 1 aromatic carbocycles. The summed E-state index contributed by atoms with van der Waals surface area (Å²) in [5.41, 5.74) is -0.406. The number of hydrogen-bond donors (Lipinski definition) is 4. The van der Waals surface area contributed by atoms with E-state index in [2.05, 4.69) is 28.6 Å². The Balaban J connectivity index is 1.91. The zero-order chi connectivity index (χ0) is 30.6. The van der Waals surface area contributed by atoms with Crippen molar-refractivity contribution in [2.45, 2.75) is 95.8 Å². The van der Waals surface area contributed by atoms with Crippen LogP contribution in [0.4, 0.5) is 9.59 Å². The highest BCUT2D eigenvalue weighted by atomic mass is 32.2. The maximum Gasteiger partial charge on any atom is 0.408 e. The lowest BCUT2D eigenvalue weighted by Gasteiger charge is -2.27. The quantitative estimate of drug-likeness (QED) is 0.207. The van der Waals surface area contributed by atoms with Crippen LogP contribution in [0.1, 0.15) is 66.4 Å². The number of ether oxygens (including phenoxy) is 2. The van der Waals surface area contributed by atoms with Crippen molar-refractivity contribution in [2.75, 3.05) is 24.7 Å². The Bertz CT molecular complexity index is 1010. The van der Waals surface area contributed by atoms with Crippen LogP contribution in [0.25, 0.3) is 0 Å². The van der Waals surface area contributed by atoms with E-state index < -0.39 is 40.7 Å². The number of unbranched alkanes of at least 4 members (excludes halogenated alkanes) is 1. The van der Waals surface area contributed by atoms with Gasteiger partial charge in [0.1, 0.15) is 22.5 Å². The number of hydrogen-bond acceptors (Lipinski definition) is 8. The number of nitrogens with zero attached hydrogens (tertiary/aromatic N) is 1. The summed E-state index contributed by atoms with van der Waals surface area (Å²) in [5.74, 6) is 1.03. The van der Waals surface area contributed by atoms with Crippen LogP contribution in [0, 0.1) is 0 Å². The third-order valence-electron chi connectivity index (χ3n) is 5.92. The molecule has 3 N–H and O–H groups in total. The highest BCUT2D eigenvalue weighted by molar-refractivity contribution is 7.99. The van der Waals surface area contributed by atoms with E-state index in [1.165, 1.54) is 0 Å². The first kappa shape index (κ1) is 34.6. The fraction of sp³-hybridized carbons (Fsp3) is 0.655. The van der Waals surface area contributed by atoms with Crippen LogP contribution >= 0.6 is 24.4 Å². The van der Waals surface area contributed by atoms with Gasteiger partial charge in [-0.05, 0) is 72.8 Å². The molecule has 4 amide bonds. The molecule has 1 aliphatic heterocycles. The highest BCUT2D eigenvalue weighted by Gasteiger charge is 2.30. The minimum Gasteiger partial charge on any atom is -0.444 e. The lowest BCUT2D eigenvalue weighted by Crippen LogP contribution is -2.50. The summed E-state index contributed by atoms with van der Waals surface area (Å²) in [6.45, 7) is 11.6. The van der Waals surface area contributed by atoms with E-state index >= 15 is 0 Å². The molecule has 0 spiro atoms. The number of carbonyl (C=O) groups is 4. The van der Waals surface area contributed by atoms with E-state index in [4.69, 9.17) is 9.47 Å². The standard InChI is InChI=1S/C29H46N4O6S2/c1-28(2,3)38-26(36)31-21(25(35)33-16-17-41-19-33)14-10-11-15-30-24(34)23(40)22(18-20-12-8-7-9-13-20)32-27(37)39-29(4,5)6/h7-9,12-13,21-23,40H,10-11,14-19H2,1-6H3,(H,30,34)(H,31,36)(H,32,37)/t21-,22+,23?/m0/s1. The Hall–Kier alpha value is -2.60. The van der Waals surface area contributed by atoms with Crippen LogP contribution in [0.15, 0.2) is 30.3 Å². The lowest BCUT2D eigenvalue weighted by molar-refractivity contribution is -0.132. The molecule has 1 fully saturated rings. The summed E-state index contributed by atoms with van der Waals surface area (Å²) in [7, 11) is 0. The van der Waals surface area contributed by atoms with Gasteiger partial charge in [0.2, 0.25) is 11.8 Å². The maximum atomic E-state index is 13.0. The number of thiol groups is 1. The highest BCUT2D eigenvalue weighted by Crippen LogP contribution is 2.17. The summed E-state index contributed by atoms with van der Waals surface area (Å²) in [4.78, 5) is 52.6. The Kier molecular flexibility index (Phi) is 13.6. The van der Waals surface area contributed by atoms with Gasteiger partial charge in [0.05, 0.1) is 11.9 Å². The van der Waals surface area contributed by atoms with Crippen molar-refractivity contribution in [3.63, 3.8) is 0 Å². The van der Waals surface area contributed by atoms with E-state index in [-0.39, 0.29) is 11.8 Å². The first-order chi connectivity index (χ1) is 19.1. The molecule has 1 saturated heterocycles. The molecule has 10 nitrogen and oxygen atoms in total. The molecule has 1 aliphatic rings. The second-order valence-electron chi connectivity index (χ2n) is 12.0. The van der Waals surface area contributed by atoms with E-state index in [9.17, 15) is 19.2 Å². The minimum absolute atomic E-state index is 0.128. The van der Waals surface area contributed by atoms with Gasteiger partial charge < -0.3 is 30.3 Å². The van der Waals surface area contributed by atoms with Gasteiger partial charge in [-0.2, -0.15) is 12.6 Å². The lowest BCUT2D eigenvalue weighted by atomic mass is 10.0. The van der Waals surface area contributed by atoms with Crippen molar-refractivity contribution < 1.29 is 28.7 Å². The van der Waals surface area contributed by atoms with Crippen LogP contribution in [0.2, 0.25) is 0 Å². The van der Waals surface area contributed by atoms with Gasteiger partial charge in [-0.15, -0.1) is 11.8 Å². The van der Waals surface area contributed by atoms with Gasteiger partial charge in [0.15, 0.2) is 0 Å². The average Bonchev–Trinajstić information content (AvgIpc) is 3.40. The third kappa shape index (κ3) is 13.7. The molecular formula is C29H46N4O6S2. The van der Waals surface area contributed by atoms with Crippen molar-refractivity contribution in [1.82, 2.24) is 20.9 Å². The molecule has 1 heterocycles. The molecule has 0 aliphatic carbocycles. The number of carbonyl (C=O) groups excluding carboxylic acids is 4. The monoisotopic (exact) mass is 610 g/mol. The first-order valence-corrected chi connectivity index (χ1v) is 15.7. The zero-order valence-electron chi connectivity index (χ0n) is 25.0. The largest absolute Gasteiger partial charge is 0.444 e. The molecule has 0 aromatic heterocycles. The third-order valence-corrected chi connectivity index (χ3v) is 7.48. The van der Waals surface area contributed by atoms with E-state index in [1.807, 2.05) is 30.3 Å². The summed E-state index contributed by atoms with van der Waals surface area (Å²) in [6.07, 6.45) is 0.746.